The van der Waals surface area contributed by atoms with Gasteiger partial charge in [-0.1, -0.05) is 30.3 Å². The molecule has 0 amide bonds. The molecule has 0 spiro atoms. The summed E-state index contributed by atoms with van der Waals surface area (Å²) in [5.74, 6) is 0.653. The van der Waals surface area contributed by atoms with Crippen LogP contribution in [0.4, 0.5) is 4.39 Å². The maximum absolute atomic E-state index is 13.0. The van der Waals surface area contributed by atoms with Crippen molar-refractivity contribution in [1.29, 1.82) is 0 Å². The maximum atomic E-state index is 13.0. The van der Waals surface area contributed by atoms with Crippen molar-refractivity contribution in [2.75, 3.05) is 19.8 Å². The van der Waals surface area contributed by atoms with Gasteiger partial charge in [-0.3, -0.25) is 4.90 Å². The molecule has 22 heavy (non-hydrogen) atoms. The van der Waals surface area contributed by atoms with Crippen LogP contribution in [0.1, 0.15) is 24.3 Å². The number of rotatable bonds is 5. The largest absolute Gasteiger partial charge is 0.493 e. The Bertz CT molecular complexity index is 615. The van der Waals surface area contributed by atoms with Crippen LogP contribution >= 0.6 is 0 Å². The second kappa shape index (κ2) is 6.90. The third-order valence-corrected chi connectivity index (χ3v) is 3.77. The topological polar surface area (TPSA) is 21.7 Å². The third-order valence-electron chi connectivity index (χ3n) is 3.77. The van der Waals surface area contributed by atoms with Crippen molar-refractivity contribution in [2.24, 2.45) is 0 Å². The van der Waals surface area contributed by atoms with Gasteiger partial charge in [-0.2, -0.15) is 0 Å². The van der Waals surface area contributed by atoms with E-state index in [2.05, 4.69) is 4.90 Å². The van der Waals surface area contributed by atoms with Gasteiger partial charge in [0.2, 0.25) is 0 Å². The van der Waals surface area contributed by atoms with Gasteiger partial charge in [0, 0.05) is 18.7 Å². The quantitative estimate of drug-likeness (QED) is 0.839. The summed E-state index contributed by atoms with van der Waals surface area (Å²) in [7, 11) is 0. The van der Waals surface area contributed by atoms with E-state index in [1.54, 1.807) is 0 Å². The highest BCUT2D eigenvalue weighted by molar-refractivity contribution is 5.35. The lowest BCUT2D eigenvalue weighted by Crippen LogP contribution is -2.24. The second-order valence-electron chi connectivity index (χ2n) is 5.29. The van der Waals surface area contributed by atoms with E-state index in [4.69, 9.17) is 9.47 Å². The molecule has 0 N–H and O–H groups in total. The van der Waals surface area contributed by atoms with E-state index in [1.165, 1.54) is 12.1 Å². The van der Waals surface area contributed by atoms with Gasteiger partial charge in [-0.25, -0.2) is 4.39 Å². The van der Waals surface area contributed by atoms with Gasteiger partial charge in [-0.05, 0) is 30.7 Å². The summed E-state index contributed by atoms with van der Waals surface area (Å²) in [4.78, 5) is 2.24. The van der Waals surface area contributed by atoms with Crippen LogP contribution in [-0.2, 0) is 11.3 Å². The molecule has 0 bridgehead atoms. The van der Waals surface area contributed by atoms with Crippen molar-refractivity contribution in [3.05, 3.63) is 65.5 Å². The first-order valence-corrected chi connectivity index (χ1v) is 7.59. The lowest BCUT2D eigenvalue weighted by Gasteiger charge is -2.25. The maximum Gasteiger partial charge on any atom is 0.140 e. The molecule has 1 fully saturated rings. The van der Waals surface area contributed by atoms with Crippen molar-refractivity contribution in [3.63, 3.8) is 0 Å². The molecule has 2 aromatic rings. The molecule has 4 heteroatoms. The summed E-state index contributed by atoms with van der Waals surface area (Å²) in [6, 6.07) is 14.6. The number of nitrogens with zero attached hydrogens (tertiary/aromatic N) is 1. The van der Waals surface area contributed by atoms with Gasteiger partial charge >= 0.3 is 0 Å². The Balaban J connectivity index is 1.79. The molecule has 3 nitrogen and oxygen atoms in total. The highest BCUT2D eigenvalue weighted by atomic mass is 19.1. The molecule has 1 saturated heterocycles. The first-order valence-electron chi connectivity index (χ1n) is 7.59. The number of ether oxygens (including phenoxy) is 2. The Labute approximate surface area is 130 Å². The number of hydrogen-bond donors (Lipinski definition) is 0. The number of benzene rings is 2. The first-order chi connectivity index (χ1) is 10.8. The van der Waals surface area contributed by atoms with Gasteiger partial charge in [0.25, 0.3) is 0 Å². The van der Waals surface area contributed by atoms with E-state index < -0.39 is 0 Å². The van der Waals surface area contributed by atoms with Gasteiger partial charge in [0.1, 0.15) is 17.8 Å². The van der Waals surface area contributed by atoms with Crippen molar-refractivity contribution in [2.45, 2.75) is 19.7 Å². The molecule has 0 saturated carbocycles. The number of halogens is 1. The van der Waals surface area contributed by atoms with Gasteiger partial charge in [0.05, 0.1) is 13.2 Å². The number of para-hydroxylation sites is 1. The van der Waals surface area contributed by atoms with E-state index in [-0.39, 0.29) is 12.0 Å². The fourth-order valence-electron chi connectivity index (χ4n) is 2.75. The molecular weight excluding hydrogens is 281 g/mol. The average molecular weight is 301 g/mol. The first kappa shape index (κ1) is 15.0. The van der Waals surface area contributed by atoms with Gasteiger partial charge in [0.15, 0.2) is 0 Å². The van der Waals surface area contributed by atoms with Crippen LogP contribution in [0.3, 0.4) is 0 Å². The van der Waals surface area contributed by atoms with Crippen LogP contribution < -0.4 is 4.74 Å². The second-order valence-corrected chi connectivity index (χ2v) is 5.29. The minimum absolute atomic E-state index is 0.118. The van der Waals surface area contributed by atoms with Gasteiger partial charge < -0.3 is 9.47 Å². The zero-order valence-electron chi connectivity index (χ0n) is 12.7. The summed E-state index contributed by atoms with van der Waals surface area (Å²) in [5.41, 5.74) is 2.12. The van der Waals surface area contributed by atoms with Crippen LogP contribution in [0, 0.1) is 5.82 Å². The third kappa shape index (κ3) is 3.29. The molecule has 0 radical (unpaired) electrons. The zero-order chi connectivity index (χ0) is 15.4. The van der Waals surface area contributed by atoms with Crippen LogP contribution in [0.25, 0.3) is 0 Å². The molecule has 1 aliphatic rings. The molecule has 0 aliphatic carbocycles. The minimum atomic E-state index is -0.209. The van der Waals surface area contributed by atoms with Crippen molar-refractivity contribution < 1.29 is 13.9 Å². The summed E-state index contributed by atoms with van der Waals surface area (Å²) >= 11 is 0. The predicted molar refractivity (Wildman–Crippen MR) is 83.1 cm³/mol. The molecule has 1 unspecified atom stereocenters. The van der Waals surface area contributed by atoms with E-state index in [1.807, 2.05) is 43.3 Å². The smallest absolute Gasteiger partial charge is 0.140 e. The molecule has 1 atom stereocenters. The Kier molecular flexibility index (Phi) is 4.71. The van der Waals surface area contributed by atoms with E-state index in [0.29, 0.717) is 13.2 Å². The fourth-order valence-corrected chi connectivity index (χ4v) is 2.75. The molecular formula is C18H20FNO2. The van der Waals surface area contributed by atoms with Gasteiger partial charge in [-0.15, -0.1) is 0 Å². The Morgan fingerprint density at radius 1 is 1.18 bits per heavy atom. The van der Waals surface area contributed by atoms with Crippen LogP contribution in [-0.4, -0.2) is 24.7 Å². The van der Waals surface area contributed by atoms with Crippen molar-refractivity contribution in [3.8, 4) is 5.75 Å². The average Bonchev–Trinajstić information content (AvgIpc) is 2.98. The highest BCUT2D eigenvalue weighted by Crippen LogP contribution is 2.34. The highest BCUT2D eigenvalue weighted by Gasteiger charge is 2.29. The summed E-state index contributed by atoms with van der Waals surface area (Å²) in [5, 5.41) is 0. The van der Waals surface area contributed by atoms with Crippen molar-refractivity contribution >= 4 is 0 Å². The lowest BCUT2D eigenvalue weighted by atomic mass is 10.1. The predicted octanol–water partition coefficient (Wildman–Crippen LogP) is 3.76. The summed E-state index contributed by atoms with van der Waals surface area (Å²) < 4.78 is 24.6. The lowest BCUT2D eigenvalue weighted by molar-refractivity contribution is 0.0265. The Morgan fingerprint density at radius 2 is 1.95 bits per heavy atom. The summed E-state index contributed by atoms with van der Waals surface area (Å²) in [6.07, 6.45) is -0.118. The Morgan fingerprint density at radius 3 is 2.73 bits per heavy atom. The Hall–Kier alpha value is -1.91. The van der Waals surface area contributed by atoms with E-state index in [9.17, 15) is 4.39 Å². The molecule has 116 valence electrons. The molecule has 1 heterocycles. The van der Waals surface area contributed by atoms with E-state index >= 15 is 0 Å². The van der Waals surface area contributed by atoms with Crippen LogP contribution in [0.15, 0.2) is 48.5 Å². The minimum Gasteiger partial charge on any atom is -0.493 e. The van der Waals surface area contributed by atoms with Crippen LogP contribution in [0.2, 0.25) is 0 Å². The van der Waals surface area contributed by atoms with Crippen molar-refractivity contribution in [1.82, 2.24) is 4.90 Å². The molecule has 3 rings (SSSR count). The fraction of sp³-hybridized carbons (Fsp3) is 0.333. The molecule has 0 aromatic heterocycles. The molecule has 2 aromatic carbocycles. The standard InChI is InChI=1S/C18H20FNO2/c1-2-21-17-6-4-3-5-16(17)18-20(11-12-22-18)13-14-7-9-15(19)10-8-14/h3-10,18H,2,11-13H2,1H3. The normalized spacial score (nSPS) is 18.5. The van der Waals surface area contributed by atoms with E-state index in [0.717, 1.165) is 30.0 Å². The van der Waals surface area contributed by atoms with Crippen LogP contribution in [0.5, 0.6) is 5.75 Å². The monoisotopic (exact) mass is 301 g/mol. The number of hydrogen-bond acceptors (Lipinski definition) is 3. The SMILES string of the molecule is CCOc1ccccc1C1OCCN1Cc1ccc(F)cc1. The summed E-state index contributed by atoms with van der Waals surface area (Å²) in [6.45, 7) is 4.87. The molecule has 1 aliphatic heterocycles. The zero-order valence-corrected chi connectivity index (χ0v) is 12.7.